The average molecular weight is 407 g/mol. The van der Waals surface area contributed by atoms with E-state index in [2.05, 4.69) is 48.7 Å². The molecule has 2 amide bonds. The summed E-state index contributed by atoms with van der Waals surface area (Å²) in [7, 11) is 0. The Kier molecular flexibility index (Phi) is 8.94. The fraction of sp³-hybridized carbons (Fsp3) is 0.333. The van der Waals surface area contributed by atoms with Gasteiger partial charge in [-0.05, 0) is 34.1 Å². The standard InChI is InChI=1S/C24H30N4O2/c1-17(2)21-9-5-19(6-10-21)15-25-27-23(29)13-14-24(30)28-26-16-20-7-11-22(12-8-20)18(3)4/h5-12,15-18H,13-14H2,1-4H3,(H,27,29)(H,28,30)/b25-15-,26-16-. The molecule has 0 aromatic heterocycles. The van der Waals surface area contributed by atoms with Gasteiger partial charge in [0, 0.05) is 12.8 Å². The van der Waals surface area contributed by atoms with E-state index in [1.807, 2.05) is 48.5 Å². The quantitative estimate of drug-likeness (QED) is 0.480. The van der Waals surface area contributed by atoms with Crippen LogP contribution in [0, 0.1) is 0 Å². The number of nitrogens with one attached hydrogen (secondary N) is 2. The second-order valence-electron chi connectivity index (χ2n) is 7.73. The molecule has 0 fully saturated rings. The van der Waals surface area contributed by atoms with Crippen molar-refractivity contribution in [1.29, 1.82) is 0 Å². The number of hydrogen-bond acceptors (Lipinski definition) is 4. The third kappa shape index (κ3) is 7.99. The molecule has 0 radical (unpaired) electrons. The first-order chi connectivity index (χ1) is 14.3. The molecule has 0 atom stereocenters. The zero-order valence-electron chi connectivity index (χ0n) is 18.1. The van der Waals surface area contributed by atoms with Crippen molar-refractivity contribution in [2.75, 3.05) is 0 Å². The summed E-state index contributed by atoms with van der Waals surface area (Å²) in [6.45, 7) is 8.53. The first-order valence-corrected chi connectivity index (χ1v) is 10.2. The van der Waals surface area contributed by atoms with Crippen LogP contribution in [0.4, 0.5) is 0 Å². The number of benzene rings is 2. The molecule has 0 bridgehead atoms. The van der Waals surface area contributed by atoms with Gasteiger partial charge in [0.05, 0.1) is 12.4 Å². The molecule has 30 heavy (non-hydrogen) atoms. The van der Waals surface area contributed by atoms with Gasteiger partial charge >= 0.3 is 0 Å². The van der Waals surface area contributed by atoms with Gasteiger partial charge in [-0.15, -0.1) is 0 Å². The van der Waals surface area contributed by atoms with E-state index >= 15 is 0 Å². The SMILES string of the molecule is CC(C)c1ccc(/C=N\NC(=O)CCC(=O)N/N=C\c2ccc(C(C)C)cc2)cc1. The Morgan fingerprint density at radius 3 is 1.33 bits per heavy atom. The molecule has 0 aliphatic carbocycles. The van der Waals surface area contributed by atoms with Crippen molar-refractivity contribution < 1.29 is 9.59 Å². The van der Waals surface area contributed by atoms with Gasteiger partial charge < -0.3 is 0 Å². The first kappa shape index (κ1) is 23.0. The van der Waals surface area contributed by atoms with Crippen LogP contribution in [0.1, 0.15) is 74.6 Å². The van der Waals surface area contributed by atoms with E-state index in [-0.39, 0.29) is 24.7 Å². The van der Waals surface area contributed by atoms with E-state index in [0.29, 0.717) is 11.8 Å². The highest BCUT2D eigenvalue weighted by atomic mass is 16.2. The van der Waals surface area contributed by atoms with Crippen LogP contribution in [0.3, 0.4) is 0 Å². The van der Waals surface area contributed by atoms with Gasteiger partial charge in [-0.3, -0.25) is 9.59 Å². The third-order valence-electron chi connectivity index (χ3n) is 4.59. The lowest BCUT2D eigenvalue weighted by molar-refractivity contribution is -0.126. The molecule has 2 aromatic rings. The second kappa shape index (κ2) is 11.7. The van der Waals surface area contributed by atoms with Gasteiger partial charge in [0.25, 0.3) is 0 Å². The number of rotatable bonds is 9. The Hall–Kier alpha value is -3.28. The van der Waals surface area contributed by atoms with Gasteiger partial charge in [0.1, 0.15) is 0 Å². The maximum atomic E-state index is 11.8. The van der Waals surface area contributed by atoms with Crippen LogP contribution in [0.25, 0.3) is 0 Å². The van der Waals surface area contributed by atoms with E-state index in [4.69, 9.17) is 0 Å². The maximum Gasteiger partial charge on any atom is 0.240 e. The summed E-state index contributed by atoms with van der Waals surface area (Å²) >= 11 is 0. The van der Waals surface area contributed by atoms with Crippen LogP contribution in [0.5, 0.6) is 0 Å². The molecule has 0 unspecified atom stereocenters. The number of hydrogen-bond donors (Lipinski definition) is 2. The Morgan fingerprint density at radius 2 is 1.03 bits per heavy atom. The highest BCUT2D eigenvalue weighted by molar-refractivity contribution is 5.86. The molecule has 2 rings (SSSR count). The fourth-order valence-corrected chi connectivity index (χ4v) is 2.63. The van der Waals surface area contributed by atoms with Gasteiger partial charge in [-0.2, -0.15) is 10.2 Å². The van der Waals surface area contributed by atoms with Crippen molar-refractivity contribution in [2.45, 2.75) is 52.4 Å². The summed E-state index contributed by atoms with van der Waals surface area (Å²) in [4.78, 5) is 23.6. The highest BCUT2D eigenvalue weighted by Crippen LogP contribution is 2.14. The molecular formula is C24H30N4O2. The van der Waals surface area contributed by atoms with Gasteiger partial charge in [-0.1, -0.05) is 76.2 Å². The van der Waals surface area contributed by atoms with Crippen molar-refractivity contribution in [2.24, 2.45) is 10.2 Å². The zero-order valence-corrected chi connectivity index (χ0v) is 18.1. The molecule has 2 aromatic carbocycles. The Labute approximate surface area is 178 Å². The van der Waals surface area contributed by atoms with Crippen molar-refractivity contribution >= 4 is 24.2 Å². The summed E-state index contributed by atoms with van der Waals surface area (Å²) in [5, 5.41) is 7.86. The van der Waals surface area contributed by atoms with E-state index in [1.165, 1.54) is 11.1 Å². The number of nitrogens with zero attached hydrogens (tertiary/aromatic N) is 2. The van der Waals surface area contributed by atoms with Crippen molar-refractivity contribution in [3.63, 3.8) is 0 Å². The van der Waals surface area contributed by atoms with Crippen LogP contribution >= 0.6 is 0 Å². The van der Waals surface area contributed by atoms with E-state index in [0.717, 1.165) is 11.1 Å². The third-order valence-corrected chi connectivity index (χ3v) is 4.59. The Balaban J connectivity index is 1.69. The van der Waals surface area contributed by atoms with Crippen molar-refractivity contribution in [3.8, 4) is 0 Å². The number of hydrazone groups is 2. The Morgan fingerprint density at radius 1 is 0.700 bits per heavy atom. The van der Waals surface area contributed by atoms with Crippen LogP contribution in [0.2, 0.25) is 0 Å². The van der Waals surface area contributed by atoms with Gasteiger partial charge in [0.2, 0.25) is 11.8 Å². The number of carbonyl (C=O) groups is 2. The van der Waals surface area contributed by atoms with Crippen LogP contribution in [0.15, 0.2) is 58.7 Å². The van der Waals surface area contributed by atoms with E-state index in [9.17, 15) is 9.59 Å². The largest absolute Gasteiger partial charge is 0.273 e. The molecule has 6 heteroatoms. The first-order valence-electron chi connectivity index (χ1n) is 10.2. The lowest BCUT2D eigenvalue weighted by Crippen LogP contribution is -2.22. The lowest BCUT2D eigenvalue weighted by Gasteiger charge is -2.04. The number of amides is 2. The van der Waals surface area contributed by atoms with E-state index in [1.54, 1.807) is 12.4 Å². The number of carbonyl (C=O) groups excluding carboxylic acids is 2. The van der Waals surface area contributed by atoms with Crippen LogP contribution in [-0.4, -0.2) is 24.2 Å². The summed E-state index contributed by atoms with van der Waals surface area (Å²) in [5.74, 6) is 0.287. The summed E-state index contributed by atoms with van der Waals surface area (Å²) in [6, 6.07) is 16.0. The maximum absolute atomic E-state index is 11.8. The second-order valence-corrected chi connectivity index (χ2v) is 7.73. The average Bonchev–Trinajstić information content (AvgIpc) is 2.73. The smallest absolute Gasteiger partial charge is 0.240 e. The monoisotopic (exact) mass is 406 g/mol. The summed E-state index contributed by atoms with van der Waals surface area (Å²) < 4.78 is 0. The molecule has 0 heterocycles. The van der Waals surface area contributed by atoms with Crippen molar-refractivity contribution in [3.05, 3.63) is 70.8 Å². The predicted molar refractivity (Wildman–Crippen MR) is 122 cm³/mol. The summed E-state index contributed by atoms with van der Waals surface area (Å²) in [6.07, 6.45) is 3.23. The fourth-order valence-electron chi connectivity index (χ4n) is 2.63. The molecule has 0 spiro atoms. The van der Waals surface area contributed by atoms with Gasteiger partial charge in [0.15, 0.2) is 0 Å². The lowest BCUT2D eigenvalue weighted by atomic mass is 10.0. The minimum Gasteiger partial charge on any atom is -0.273 e. The topological polar surface area (TPSA) is 82.9 Å². The molecule has 0 saturated heterocycles. The molecule has 0 saturated carbocycles. The highest BCUT2D eigenvalue weighted by Gasteiger charge is 2.05. The minimum atomic E-state index is -0.326. The summed E-state index contributed by atoms with van der Waals surface area (Å²) in [5.41, 5.74) is 9.15. The molecule has 158 valence electrons. The Bertz CT molecular complexity index is 807. The molecule has 6 nitrogen and oxygen atoms in total. The minimum absolute atomic E-state index is 0.0358. The predicted octanol–water partition coefficient (Wildman–Crippen LogP) is 4.31. The molecule has 2 N–H and O–H groups in total. The van der Waals surface area contributed by atoms with E-state index < -0.39 is 0 Å². The van der Waals surface area contributed by atoms with Crippen molar-refractivity contribution in [1.82, 2.24) is 10.9 Å². The normalized spacial score (nSPS) is 11.5. The van der Waals surface area contributed by atoms with Gasteiger partial charge in [-0.25, -0.2) is 10.9 Å². The zero-order chi connectivity index (χ0) is 21.9. The molecule has 0 aliphatic rings. The molecule has 0 aliphatic heterocycles. The van der Waals surface area contributed by atoms with Crippen LogP contribution in [-0.2, 0) is 9.59 Å². The van der Waals surface area contributed by atoms with Crippen LogP contribution < -0.4 is 10.9 Å². The molecular weight excluding hydrogens is 376 g/mol.